The van der Waals surface area contributed by atoms with Gasteiger partial charge < -0.3 is 5.73 Å². The van der Waals surface area contributed by atoms with Crippen molar-refractivity contribution in [1.29, 1.82) is 0 Å². The Labute approximate surface area is 119 Å². The van der Waals surface area contributed by atoms with Crippen LogP contribution in [0.4, 0.5) is 5.69 Å². The Bertz CT molecular complexity index is 564. The van der Waals surface area contributed by atoms with Gasteiger partial charge in [-0.25, -0.2) is 8.42 Å². The van der Waals surface area contributed by atoms with Gasteiger partial charge in [0.25, 0.3) is 0 Å². The molecule has 1 aromatic rings. The highest BCUT2D eigenvalue weighted by Crippen LogP contribution is 2.31. The molecule has 2 atom stereocenters. The lowest BCUT2D eigenvalue weighted by Crippen LogP contribution is -2.42. The first-order chi connectivity index (χ1) is 8.80. The van der Waals surface area contributed by atoms with Crippen molar-refractivity contribution in [2.24, 2.45) is 11.8 Å². The maximum atomic E-state index is 12.6. The van der Waals surface area contributed by atoms with Crippen LogP contribution in [0, 0.1) is 11.8 Å². The van der Waals surface area contributed by atoms with Crippen molar-refractivity contribution in [3.63, 3.8) is 0 Å². The third kappa shape index (κ3) is 3.04. The molecule has 1 saturated heterocycles. The first-order valence-electron chi connectivity index (χ1n) is 6.36. The third-order valence-corrected chi connectivity index (χ3v) is 5.72. The smallest absolute Gasteiger partial charge is 0.244 e. The first kappa shape index (κ1) is 14.6. The molecule has 0 saturated carbocycles. The van der Waals surface area contributed by atoms with E-state index in [-0.39, 0.29) is 9.92 Å². The van der Waals surface area contributed by atoms with E-state index in [0.29, 0.717) is 30.6 Å². The second-order valence-corrected chi connectivity index (χ2v) is 7.77. The van der Waals surface area contributed by atoms with Crippen molar-refractivity contribution in [3.05, 3.63) is 23.2 Å². The molecule has 6 heteroatoms. The van der Waals surface area contributed by atoms with Crippen LogP contribution in [0.1, 0.15) is 20.3 Å². The molecule has 0 aliphatic carbocycles. The number of anilines is 1. The van der Waals surface area contributed by atoms with Gasteiger partial charge in [0.2, 0.25) is 10.0 Å². The van der Waals surface area contributed by atoms with Crippen molar-refractivity contribution in [1.82, 2.24) is 4.31 Å². The molecule has 1 aliphatic rings. The highest BCUT2D eigenvalue weighted by Gasteiger charge is 2.32. The minimum Gasteiger partial charge on any atom is -0.399 e. The summed E-state index contributed by atoms with van der Waals surface area (Å²) in [5.41, 5.74) is 6.07. The van der Waals surface area contributed by atoms with Crippen LogP contribution >= 0.6 is 11.6 Å². The van der Waals surface area contributed by atoms with E-state index >= 15 is 0 Å². The summed E-state index contributed by atoms with van der Waals surface area (Å²) < 4.78 is 26.8. The van der Waals surface area contributed by atoms with Crippen molar-refractivity contribution < 1.29 is 8.42 Å². The number of nitrogen functional groups attached to an aromatic ring is 1. The second-order valence-electron chi connectivity index (χ2n) is 5.46. The van der Waals surface area contributed by atoms with Crippen LogP contribution in [0.3, 0.4) is 0 Å². The number of piperidine rings is 1. The van der Waals surface area contributed by atoms with E-state index in [0.717, 1.165) is 6.42 Å². The number of benzene rings is 1. The normalized spacial score (nSPS) is 25.4. The largest absolute Gasteiger partial charge is 0.399 e. The molecule has 0 aromatic heterocycles. The molecule has 2 N–H and O–H groups in total. The van der Waals surface area contributed by atoms with Crippen LogP contribution in [-0.2, 0) is 10.0 Å². The number of hydrogen-bond acceptors (Lipinski definition) is 3. The second kappa shape index (κ2) is 5.31. The number of hydrogen-bond donors (Lipinski definition) is 1. The Morgan fingerprint density at radius 3 is 2.42 bits per heavy atom. The molecular weight excluding hydrogens is 284 g/mol. The molecule has 19 heavy (non-hydrogen) atoms. The SMILES string of the molecule is CC1CC(C)CN(S(=O)(=O)c2cc(N)ccc2Cl)C1. The van der Waals surface area contributed by atoms with Gasteiger partial charge in [-0.05, 0) is 36.5 Å². The van der Waals surface area contributed by atoms with Crippen molar-refractivity contribution >= 4 is 27.3 Å². The minimum absolute atomic E-state index is 0.107. The van der Waals surface area contributed by atoms with E-state index in [4.69, 9.17) is 17.3 Å². The summed E-state index contributed by atoms with van der Waals surface area (Å²) >= 11 is 6.01. The topological polar surface area (TPSA) is 63.4 Å². The molecule has 0 bridgehead atoms. The monoisotopic (exact) mass is 302 g/mol. The van der Waals surface area contributed by atoms with Crippen LogP contribution < -0.4 is 5.73 Å². The molecule has 0 amide bonds. The molecule has 1 fully saturated rings. The van der Waals surface area contributed by atoms with Crippen LogP contribution in [0.15, 0.2) is 23.1 Å². The number of halogens is 1. The van der Waals surface area contributed by atoms with E-state index < -0.39 is 10.0 Å². The Hall–Kier alpha value is -0.780. The lowest BCUT2D eigenvalue weighted by molar-refractivity contribution is 0.222. The van der Waals surface area contributed by atoms with Crippen molar-refractivity contribution in [2.45, 2.75) is 25.2 Å². The van der Waals surface area contributed by atoms with E-state index in [1.54, 1.807) is 6.07 Å². The molecule has 1 aromatic carbocycles. The van der Waals surface area contributed by atoms with E-state index in [2.05, 4.69) is 13.8 Å². The maximum absolute atomic E-state index is 12.6. The zero-order valence-electron chi connectivity index (χ0n) is 11.1. The van der Waals surface area contributed by atoms with E-state index in [9.17, 15) is 8.42 Å². The van der Waals surface area contributed by atoms with Crippen molar-refractivity contribution in [3.8, 4) is 0 Å². The van der Waals surface area contributed by atoms with Gasteiger partial charge in [0.15, 0.2) is 0 Å². The van der Waals surface area contributed by atoms with Gasteiger partial charge in [-0.15, -0.1) is 0 Å². The summed E-state index contributed by atoms with van der Waals surface area (Å²) in [6.07, 6.45) is 1.05. The summed E-state index contributed by atoms with van der Waals surface area (Å²) in [6.45, 7) is 5.22. The minimum atomic E-state index is -3.56. The molecular formula is C13H19ClN2O2S. The molecule has 0 spiro atoms. The summed E-state index contributed by atoms with van der Waals surface area (Å²) in [5, 5.41) is 0.222. The Balaban J connectivity index is 2.39. The van der Waals surface area contributed by atoms with Gasteiger partial charge in [0.05, 0.1) is 5.02 Å². The molecule has 106 valence electrons. The lowest BCUT2D eigenvalue weighted by atomic mass is 9.94. The number of nitrogens with zero attached hydrogens (tertiary/aromatic N) is 1. The Morgan fingerprint density at radius 2 is 1.84 bits per heavy atom. The predicted molar refractivity (Wildman–Crippen MR) is 77.6 cm³/mol. The Kier molecular flexibility index (Phi) is 4.08. The van der Waals surface area contributed by atoms with Gasteiger partial charge in [-0.2, -0.15) is 4.31 Å². The van der Waals surface area contributed by atoms with Crippen LogP contribution in [0.5, 0.6) is 0 Å². The van der Waals surface area contributed by atoms with Gasteiger partial charge in [-0.3, -0.25) is 0 Å². The molecule has 1 heterocycles. The molecule has 1 aliphatic heterocycles. The Morgan fingerprint density at radius 1 is 1.26 bits per heavy atom. The van der Waals surface area contributed by atoms with Gasteiger partial charge in [0, 0.05) is 18.8 Å². The summed E-state index contributed by atoms with van der Waals surface area (Å²) in [7, 11) is -3.56. The van der Waals surface area contributed by atoms with E-state index in [1.807, 2.05) is 0 Å². The zero-order chi connectivity index (χ0) is 14.2. The maximum Gasteiger partial charge on any atom is 0.244 e. The fourth-order valence-electron chi connectivity index (χ4n) is 2.66. The van der Waals surface area contributed by atoms with Gasteiger partial charge in [0.1, 0.15) is 4.90 Å². The van der Waals surface area contributed by atoms with Gasteiger partial charge >= 0.3 is 0 Å². The number of rotatable bonds is 2. The van der Waals surface area contributed by atoms with Gasteiger partial charge in [-0.1, -0.05) is 25.4 Å². The molecule has 2 unspecified atom stereocenters. The number of nitrogens with two attached hydrogens (primary N) is 1. The lowest BCUT2D eigenvalue weighted by Gasteiger charge is -2.34. The first-order valence-corrected chi connectivity index (χ1v) is 8.17. The molecule has 0 radical (unpaired) electrons. The fraction of sp³-hybridized carbons (Fsp3) is 0.538. The third-order valence-electron chi connectivity index (χ3n) is 3.41. The number of sulfonamides is 1. The summed E-state index contributed by atoms with van der Waals surface area (Å²) in [4.78, 5) is 0.107. The summed E-state index contributed by atoms with van der Waals surface area (Å²) in [5.74, 6) is 0.719. The molecule has 4 nitrogen and oxygen atoms in total. The highest BCUT2D eigenvalue weighted by molar-refractivity contribution is 7.89. The van der Waals surface area contributed by atoms with Crippen LogP contribution in [0.2, 0.25) is 5.02 Å². The van der Waals surface area contributed by atoms with Crippen LogP contribution in [0.25, 0.3) is 0 Å². The predicted octanol–water partition coefficient (Wildman–Crippen LogP) is 2.59. The standard InChI is InChI=1S/C13H19ClN2O2S/c1-9-5-10(2)8-16(7-9)19(17,18)13-6-11(15)3-4-12(13)14/h3-4,6,9-10H,5,7-8,15H2,1-2H3. The van der Waals surface area contributed by atoms with E-state index in [1.165, 1.54) is 16.4 Å². The molecule has 2 rings (SSSR count). The summed E-state index contributed by atoms with van der Waals surface area (Å²) in [6, 6.07) is 4.56. The average molecular weight is 303 g/mol. The average Bonchev–Trinajstić information content (AvgIpc) is 2.31. The quantitative estimate of drug-likeness (QED) is 0.854. The zero-order valence-corrected chi connectivity index (χ0v) is 12.7. The highest BCUT2D eigenvalue weighted by atomic mass is 35.5. The fourth-order valence-corrected chi connectivity index (χ4v) is 4.85. The van der Waals surface area contributed by atoms with Crippen LogP contribution in [-0.4, -0.2) is 25.8 Å². The van der Waals surface area contributed by atoms with Crippen molar-refractivity contribution in [2.75, 3.05) is 18.8 Å².